The monoisotopic (exact) mass is 232 g/mol. The van der Waals surface area contributed by atoms with Crippen LogP contribution in [-0.4, -0.2) is 9.19 Å². The topological polar surface area (TPSA) is 56.0 Å². The summed E-state index contributed by atoms with van der Waals surface area (Å²) in [6.45, 7) is 0. The summed E-state index contributed by atoms with van der Waals surface area (Å²) < 4.78 is 12.0. The molecule has 1 atom stereocenters. The Morgan fingerprint density at radius 1 is 1.19 bits per heavy atom. The molecule has 0 aliphatic carbocycles. The van der Waals surface area contributed by atoms with Crippen molar-refractivity contribution >= 4 is 16.5 Å². The maximum absolute atomic E-state index is 12.0. The number of nitrogens with zero attached hydrogens (tertiary/aromatic N) is 1. The molecule has 0 saturated carbocycles. The maximum Gasteiger partial charge on any atom is 0.0574 e. The highest BCUT2D eigenvalue weighted by Gasteiger charge is 2.04. The minimum absolute atomic E-state index is 0.492. The normalized spacial score (nSPS) is 12.2. The van der Waals surface area contributed by atoms with Crippen LogP contribution in [0.1, 0.15) is 5.56 Å². The number of pyridine rings is 1. The molecule has 4 heteroatoms. The van der Waals surface area contributed by atoms with Gasteiger partial charge in [0.15, 0.2) is 0 Å². The molecule has 0 aliphatic rings. The summed E-state index contributed by atoms with van der Waals surface area (Å²) >= 11 is 0. The standard InChI is InChI=1S/C12H12N2OS/c13-11-2-1-3-12(8-11)16(15)9-10-4-6-14-7-5-10/h1-8H,9,13H2. The summed E-state index contributed by atoms with van der Waals surface area (Å²) in [5.74, 6) is 0.492. The van der Waals surface area contributed by atoms with E-state index in [4.69, 9.17) is 5.73 Å². The first kappa shape index (κ1) is 10.8. The number of hydrogen-bond donors (Lipinski definition) is 1. The van der Waals surface area contributed by atoms with Gasteiger partial charge in [-0.3, -0.25) is 9.19 Å². The molecule has 2 aromatic rings. The van der Waals surface area contributed by atoms with E-state index < -0.39 is 10.8 Å². The second-order valence-corrected chi connectivity index (χ2v) is 4.87. The van der Waals surface area contributed by atoms with Crippen molar-refractivity contribution in [3.05, 3.63) is 54.4 Å². The molecule has 0 radical (unpaired) electrons. The highest BCUT2D eigenvalue weighted by Crippen LogP contribution is 2.14. The van der Waals surface area contributed by atoms with Crippen LogP contribution in [0.5, 0.6) is 0 Å². The lowest BCUT2D eigenvalue weighted by atomic mass is 10.3. The van der Waals surface area contributed by atoms with Gasteiger partial charge in [-0.05, 0) is 35.9 Å². The molecular weight excluding hydrogens is 220 g/mol. The third-order valence-corrected chi connectivity index (χ3v) is 3.54. The van der Waals surface area contributed by atoms with E-state index in [1.807, 2.05) is 24.3 Å². The number of nitrogen functional groups attached to an aromatic ring is 1. The van der Waals surface area contributed by atoms with Crippen LogP contribution < -0.4 is 5.73 Å². The highest BCUT2D eigenvalue weighted by atomic mass is 32.2. The summed E-state index contributed by atoms with van der Waals surface area (Å²) in [5.41, 5.74) is 7.29. The van der Waals surface area contributed by atoms with Crippen molar-refractivity contribution in [3.63, 3.8) is 0 Å². The Labute approximate surface area is 96.8 Å². The second-order valence-electron chi connectivity index (χ2n) is 3.42. The van der Waals surface area contributed by atoms with E-state index in [-0.39, 0.29) is 0 Å². The number of anilines is 1. The minimum atomic E-state index is -1.05. The molecule has 0 bridgehead atoms. The molecule has 0 fully saturated rings. The maximum atomic E-state index is 12.0. The first-order valence-corrected chi connectivity index (χ1v) is 6.20. The summed E-state index contributed by atoms with van der Waals surface area (Å²) in [7, 11) is -1.05. The Morgan fingerprint density at radius 2 is 1.94 bits per heavy atom. The van der Waals surface area contributed by atoms with E-state index >= 15 is 0 Å². The predicted octanol–water partition coefficient (Wildman–Crippen LogP) is 1.97. The molecule has 1 heterocycles. The van der Waals surface area contributed by atoms with E-state index in [1.54, 1.807) is 24.5 Å². The van der Waals surface area contributed by atoms with Crippen molar-refractivity contribution in [1.82, 2.24) is 4.98 Å². The van der Waals surface area contributed by atoms with Gasteiger partial charge in [-0.1, -0.05) is 6.07 Å². The minimum Gasteiger partial charge on any atom is -0.399 e. The van der Waals surface area contributed by atoms with Gasteiger partial charge in [0, 0.05) is 23.0 Å². The Kier molecular flexibility index (Phi) is 3.31. The molecule has 2 N–H and O–H groups in total. The second kappa shape index (κ2) is 4.90. The van der Waals surface area contributed by atoms with Crippen molar-refractivity contribution < 1.29 is 4.21 Å². The molecule has 3 nitrogen and oxygen atoms in total. The van der Waals surface area contributed by atoms with Crippen molar-refractivity contribution in [3.8, 4) is 0 Å². The van der Waals surface area contributed by atoms with Crippen LogP contribution in [0.25, 0.3) is 0 Å². The largest absolute Gasteiger partial charge is 0.399 e. The van der Waals surface area contributed by atoms with E-state index in [0.717, 1.165) is 10.5 Å². The summed E-state index contributed by atoms with van der Waals surface area (Å²) in [6.07, 6.45) is 3.40. The molecular formula is C12H12N2OS. The average molecular weight is 232 g/mol. The Morgan fingerprint density at radius 3 is 2.62 bits per heavy atom. The van der Waals surface area contributed by atoms with Gasteiger partial charge in [0.2, 0.25) is 0 Å². The number of nitrogens with two attached hydrogens (primary N) is 1. The van der Waals surface area contributed by atoms with Gasteiger partial charge in [-0.2, -0.15) is 0 Å². The van der Waals surface area contributed by atoms with Crippen LogP contribution in [0.15, 0.2) is 53.7 Å². The first-order chi connectivity index (χ1) is 7.75. The molecule has 1 aromatic carbocycles. The van der Waals surface area contributed by atoms with Gasteiger partial charge in [-0.15, -0.1) is 0 Å². The number of aromatic nitrogens is 1. The van der Waals surface area contributed by atoms with Crippen LogP contribution in [0.3, 0.4) is 0 Å². The van der Waals surface area contributed by atoms with Crippen LogP contribution in [0.2, 0.25) is 0 Å². The zero-order valence-electron chi connectivity index (χ0n) is 8.67. The first-order valence-electron chi connectivity index (χ1n) is 4.88. The van der Waals surface area contributed by atoms with Gasteiger partial charge in [0.1, 0.15) is 0 Å². The third kappa shape index (κ3) is 2.67. The Hall–Kier alpha value is -1.68. The van der Waals surface area contributed by atoms with Gasteiger partial charge < -0.3 is 5.73 Å². The van der Waals surface area contributed by atoms with Crippen molar-refractivity contribution in [2.45, 2.75) is 10.6 Å². The molecule has 16 heavy (non-hydrogen) atoms. The van der Waals surface area contributed by atoms with Crippen LogP contribution in [0, 0.1) is 0 Å². The molecule has 0 spiro atoms. The molecule has 82 valence electrons. The zero-order valence-corrected chi connectivity index (χ0v) is 9.48. The van der Waals surface area contributed by atoms with Gasteiger partial charge >= 0.3 is 0 Å². The molecule has 1 unspecified atom stereocenters. The molecule has 0 saturated heterocycles. The van der Waals surface area contributed by atoms with Crippen LogP contribution >= 0.6 is 0 Å². The van der Waals surface area contributed by atoms with E-state index in [0.29, 0.717) is 11.4 Å². The molecule has 2 rings (SSSR count). The summed E-state index contributed by atoms with van der Waals surface area (Å²) in [4.78, 5) is 4.68. The van der Waals surface area contributed by atoms with Crippen molar-refractivity contribution in [2.24, 2.45) is 0 Å². The fourth-order valence-corrected chi connectivity index (χ4v) is 2.53. The zero-order chi connectivity index (χ0) is 11.4. The molecule has 0 aliphatic heterocycles. The Balaban J connectivity index is 2.15. The fourth-order valence-electron chi connectivity index (χ4n) is 1.37. The van der Waals surface area contributed by atoms with Crippen LogP contribution in [-0.2, 0) is 16.6 Å². The smallest absolute Gasteiger partial charge is 0.0574 e. The number of hydrogen-bond acceptors (Lipinski definition) is 3. The van der Waals surface area contributed by atoms with Crippen LogP contribution in [0.4, 0.5) is 5.69 Å². The van der Waals surface area contributed by atoms with E-state index in [2.05, 4.69) is 4.98 Å². The van der Waals surface area contributed by atoms with Crippen molar-refractivity contribution in [1.29, 1.82) is 0 Å². The summed E-state index contributed by atoms with van der Waals surface area (Å²) in [6, 6.07) is 10.9. The molecule has 0 amide bonds. The van der Waals surface area contributed by atoms with Crippen molar-refractivity contribution in [2.75, 3.05) is 5.73 Å². The summed E-state index contributed by atoms with van der Waals surface area (Å²) in [5, 5.41) is 0. The van der Waals surface area contributed by atoms with E-state index in [1.165, 1.54) is 0 Å². The SMILES string of the molecule is Nc1cccc(S(=O)Cc2ccncc2)c1. The highest BCUT2D eigenvalue weighted by molar-refractivity contribution is 7.84. The van der Waals surface area contributed by atoms with Gasteiger partial charge in [-0.25, -0.2) is 0 Å². The van der Waals surface area contributed by atoms with E-state index in [9.17, 15) is 4.21 Å². The lowest BCUT2D eigenvalue weighted by Crippen LogP contribution is -1.97. The predicted molar refractivity (Wildman–Crippen MR) is 65.2 cm³/mol. The quantitative estimate of drug-likeness (QED) is 0.823. The number of rotatable bonds is 3. The fraction of sp³-hybridized carbons (Fsp3) is 0.0833. The molecule has 1 aromatic heterocycles. The lowest BCUT2D eigenvalue weighted by molar-refractivity contribution is 0.682. The average Bonchev–Trinajstić information content (AvgIpc) is 2.30. The van der Waals surface area contributed by atoms with Gasteiger partial charge in [0.25, 0.3) is 0 Å². The lowest BCUT2D eigenvalue weighted by Gasteiger charge is -2.03. The Bertz CT molecular complexity index is 499. The third-order valence-electron chi connectivity index (χ3n) is 2.17. The van der Waals surface area contributed by atoms with Gasteiger partial charge in [0.05, 0.1) is 16.6 Å². The number of benzene rings is 1.